The number of hydrogen-bond donors (Lipinski definition) is 2. The van der Waals surface area contributed by atoms with Crippen molar-refractivity contribution in [2.24, 2.45) is 0 Å². The summed E-state index contributed by atoms with van der Waals surface area (Å²) in [6.45, 7) is 7.84. The van der Waals surface area contributed by atoms with Gasteiger partial charge in [0.15, 0.2) is 11.2 Å². The van der Waals surface area contributed by atoms with E-state index in [9.17, 15) is 10.2 Å². The van der Waals surface area contributed by atoms with Gasteiger partial charge < -0.3 is 10.2 Å². The number of benzene rings is 4. The van der Waals surface area contributed by atoms with E-state index < -0.39 is 11.2 Å². The minimum Gasteiger partial charge on any atom is -0.377 e. The predicted molar refractivity (Wildman–Crippen MR) is 140 cm³/mol. The molecule has 4 rings (SSSR count). The van der Waals surface area contributed by atoms with Gasteiger partial charge in [0.2, 0.25) is 0 Å². The van der Waals surface area contributed by atoms with E-state index >= 15 is 0 Å². The third-order valence-electron chi connectivity index (χ3n) is 6.45. The third-order valence-corrected chi connectivity index (χ3v) is 6.45. The summed E-state index contributed by atoms with van der Waals surface area (Å²) in [5.41, 5.74) is 0.690. The molecule has 0 saturated heterocycles. The van der Waals surface area contributed by atoms with Crippen molar-refractivity contribution in [2.75, 3.05) is 0 Å². The predicted octanol–water partition coefficient (Wildman–Crippen LogP) is 6.32. The standard InChI is InChI=1S/C32H30O2/c1-3-15-25-17-11-13-23-29(25)32(34,30-24-14-12-18-26(30)16-4-2)31(33,27-19-7-5-8-20-27)28-21-9-6-10-22-28/h3-14,17-24,33-34H,1-2,15-16H2. The van der Waals surface area contributed by atoms with Crippen LogP contribution in [0.5, 0.6) is 0 Å². The molecule has 2 nitrogen and oxygen atoms in total. The van der Waals surface area contributed by atoms with Gasteiger partial charge in [0.1, 0.15) is 0 Å². The zero-order valence-corrected chi connectivity index (χ0v) is 19.3. The number of aliphatic hydroxyl groups is 2. The highest BCUT2D eigenvalue weighted by molar-refractivity contribution is 5.54. The lowest BCUT2D eigenvalue weighted by Crippen LogP contribution is -2.52. The summed E-state index contributed by atoms with van der Waals surface area (Å²) in [5, 5.41) is 25.9. The Kier molecular flexibility index (Phi) is 6.93. The normalized spacial score (nSPS) is 11.7. The van der Waals surface area contributed by atoms with Crippen LogP contribution in [-0.4, -0.2) is 10.2 Å². The molecular weight excluding hydrogens is 416 g/mol. The van der Waals surface area contributed by atoms with E-state index in [1.54, 1.807) is 0 Å². The molecule has 4 aromatic carbocycles. The highest BCUT2D eigenvalue weighted by atomic mass is 16.4. The van der Waals surface area contributed by atoms with E-state index in [2.05, 4.69) is 13.2 Å². The van der Waals surface area contributed by atoms with Crippen molar-refractivity contribution in [3.8, 4) is 0 Å². The highest BCUT2D eigenvalue weighted by Crippen LogP contribution is 2.51. The summed E-state index contributed by atoms with van der Waals surface area (Å²) in [5.74, 6) is 0. The molecule has 0 unspecified atom stereocenters. The lowest BCUT2D eigenvalue weighted by atomic mass is 9.64. The lowest BCUT2D eigenvalue weighted by molar-refractivity contribution is -0.113. The fourth-order valence-electron chi connectivity index (χ4n) is 4.89. The Morgan fingerprint density at radius 3 is 1.24 bits per heavy atom. The van der Waals surface area contributed by atoms with Crippen molar-refractivity contribution in [2.45, 2.75) is 24.0 Å². The van der Waals surface area contributed by atoms with E-state index in [0.717, 1.165) is 11.1 Å². The average molecular weight is 447 g/mol. The minimum atomic E-state index is -1.81. The van der Waals surface area contributed by atoms with Crippen molar-refractivity contribution in [1.82, 2.24) is 0 Å². The monoisotopic (exact) mass is 446 g/mol. The van der Waals surface area contributed by atoms with E-state index in [0.29, 0.717) is 35.1 Å². The van der Waals surface area contributed by atoms with Gasteiger partial charge in [-0.1, -0.05) is 121 Å². The van der Waals surface area contributed by atoms with Gasteiger partial charge in [-0.25, -0.2) is 0 Å². The van der Waals surface area contributed by atoms with Crippen LogP contribution in [-0.2, 0) is 24.0 Å². The van der Waals surface area contributed by atoms with E-state index in [1.807, 2.05) is 121 Å². The van der Waals surface area contributed by atoms with Crippen LogP contribution < -0.4 is 0 Å². The van der Waals surface area contributed by atoms with Crippen LogP contribution >= 0.6 is 0 Å². The van der Waals surface area contributed by atoms with E-state index in [1.165, 1.54) is 0 Å². The summed E-state index contributed by atoms with van der Waals surface area (Å²) >= 11 is 0. The summed E-state index contributed by atoms with van der Waals surface area (Å²) in [7, 11) is 0. The summed E-state index contributed by atoms with van der Waals surface area (Å²) < 4.78 is 0. The molecule has 0 atom stereocenters. The molecule has 2 heteroatoms. The molecular formula is C32H30O2. The summed E-state index contributed by atoms with van der Waals surface area (Å²) in [6.07, 6.45) is 4.75. The second-order valence-corrected chi connectivity index (χ2v) is 8.45. The fraction of sp³-hybridized carbons (Fsp3) is 0.125. The van der Waals surface area contributed by atoms with Gasteiger partial charge in [-0.15, -0.1) is 13.2 Å². The molecule has 0 bridgehead atoms. The van der Waals surface area contributed by atoms with Crippen molar-refractivity contribution in [3.63, 3.8) is 0 Å². The Balaban J connectivity index is 2.17. The largest absolute Gasteiger partial charge is 0.377 e. The third kappa shape index (κ3) is 3.92. The Hall–Kier alpha value is -3.72. The van der Waals surface area contributed by atoms with Crippen LogP contribution in [0.4, 0.5) is 0 Å². The molecule has 170 valence electrons. The first-order valence-corrected chi connectivity index (χ1v) is 11.5. The van der Waals surface area contributed by atoms with E-state index in [-0.39, 0.29) is 0 Å². The van der Waals surface area contributed by atoms with Gasteiger partial charge >= 0.3 is 0 Å². The highest BCUT2D eigenvalue weighted by Gasteiger charge is 2.55. The number of hydrogen-bond acceptors (Lipinski definition) is 2. The summed E-state index contributed by atoms with van der Waals surface area (Å²) in [4.78, 5) is 0. The van der Waals surface area contributed by atoms with Crippen LogP contribution in [0.15, 0.2) is 135 Å². The summed E-state index contributed by atoms with van der Waals surface area (Å²) in [6, 6.07) is 34.3. The maximum atomic E-state index is 13.1. The maximum Gasteiger partial charge on any atom is 0.152 e. The quantitative estimate of drug-likeness (QED) is 0.296. The number of rotatable bonds is 9. The average Bonchev–Trinajstić information content (AvgIpc) is 2.90. The molecule has 0 saturated carbocycles. The topological polar surface area (TPSA) is 40.5 Å². The van der Waals surface area contributed by atoms with Crippen LogP contribution in [0.2, 0.25) is 0 Å². The first-order chi connectivity index (χ1) is 16.6. The van der Waals surface area contributed by atoms with Crippen LogP contribution in [0, 0.1) is 0 Å². The van der Waals surface area contributed by atoms with Crippen molar-refractivity contribution >= 4 is 0 Å². The second kappa shape index (κ2) is 10.0. The molecule has 0 heterocycles. The zero-order chi connectivity index (χ0) is 24.0. The molecule has 0 aromatic heterocycles. The molecule has 0 fully saturated rings. The Morgan fingerprint density at radius 2 is 0.853 bits per heavy atom. The smallest absolute Gasteiger partial charge is 0.152 e. The fourth-order valence-corrected chi connectivity index (χ4v) is 4.89. The van der Waals surface area contributed by atoms with Gasteiger partial charge in [0.25, 0.3) is 0 Å². The van der Waals surface area contributed by atoms with Gasteiger partial charge in [0.05, 0.1) is 0 Å². The molecule has 0 spiro atoms. The molecule has 0 aliphatic carbocycles. The lowest BCUT2D eigenvalue weighted by Gasteiger charge is -2.46. The molecule has 0 aliphatic heterocycles. The van der Waals surface area contributed by atoms with Crippen LogP contribution in [0.25, 0.3) is 0 Å². The molecule has 0 aliphatic rings. The molecule has 2 N–H and O–H groups in total. The molecule has 34 heavy (non-hydrogen) atoms. The first-order valence-electron chi connectivity index (χ1n) is 11.5. The second-order valence-electron chi connectivity index (χ2n) is 8.45. The Labute approximate surface area is 202 Å². The minimum absolute atomic E-state index is 0.557. The first kappa shape index (κ1) is 23.4. The Bertz CT molecular complexity index is 1170. The van der Waals surface area contributed by atoms with Gasteiger partial charge in [-0.2, -0.15) is 0 Å². The molecule has 4 aromatic rings. The van der Waals surface area contributed by atoms with E-state index in [4.69, 9.17) is 0 Å². The SMILES string of the molecule is C=CCc1ccccc1C(O)(c1ccccc1CC=C)C(O)(c1ccccc1)c1ccccc1. The van der Waals surface area contributed by atoms with Crippen molar-refractivity contribution in [3.05, 3.63) is 168 Å². The van der Waals surface area contributed by atoms with Crippen molar-refractivity contribution in [1.29, 1.82) is 0 Å². The maximum absolute atomic E-state index is 13.1. The Morgan fingerprint density at radius 1 is 0.500 bits per heavy atom. The molecule has 0 amide bonds. The van der Waals surface area contributed by atoms with Gasteiger partial charge in [0, 0.05) is 0 Å². The van der Waals surface area contributed by atoms with Crippen LogP contribution in [0.3, 0.4) is 0 Å². The zero-order valence-electron chi connectivity index (χ0n) is 19.3. The molecule has 0 radical (unpaired) electrons. The number of allylic oxidation sites excluding steroid dienone is 2. The van der Waals surface area contributed by atoms with Gasteiger partial charge in [-0.05, 0) is 46.2 Å². The van der Waals surface area contributed by atoms with Crippen molar-refractivity contribution < 1.29 is 10.2 Å². The van der Waals surface area contributed by atoms with Crippen LogP contribution in [0.1, 0.15) is 33.4 Å². The van der Waals surface area contributed by atoms with Gasteiger partial charge in [-0.3, -0.25) is 0 Å².